The van der Waals surface area contributed by atoms with Crippen molar-refractivity contribution in [2.45, 2.75) is 12.5 Å². The number of rotatable bonds is 3. The van der Waals surface area contributed by atoms with E-state index < -0.39 is 0 Å². The summed E-state index contributed by atoms with van der Waals surface area (Å²) in [4.78, 5) is 11.5. The molecular weight excluding hydrogens is 248 g/mol. The van der Waals surface area contributed by atoms with Gasteiger partial charge in [-0.3, -0.25) is 0 Å². The lowest BCUT2D eigenvalue weighted by Crippen LogP contribution is -2.50. The Hall–Kier alpha value is -1.78. The van der Waals surface area contributed by atoms with Crippen molar-refractivity contribution in [1.82, 2.24) is 20.2 Å². The largest absolute Gasteiger partial charge is 0.311 e. The van der Waals surface area contributed by atoms with E-state index in [2.05, 4.69) is 34.4 Å². The van der Waals surface area contributed by atoms with Crippen LogP contribution in [-0.4, -0.2) is 47.6 Å². The lowest BCUT2D eigenvalue weighted by atomic mass is 10.1. The van der Waals surface area contributed by atoms with Crippen LogP contribution in [0.3, 0.4) is 0 Å². The lowest BCUT2D eigenvalue weighted by molar-refractivity contribution is 0.236. The van der Waals surface area contributed by atoms with Gasteiger partial charge in [0.2, 0.25) is 0 Å². The topological polar surface area (TPSA) is 41.0 Å². The summed E-state index contributed by atoms with van der Waals surface area (Å²) in [5, 5.41) is 3.54. The van der Waals surface area contributed by atoms with Crippen LogP contribution < -0.4 is 5.32 Å². The molecule has 2 heterocycles. The van der Waals surface area contributed by atoms with E-state index in [0.717, 1.165) is 43.1 Å². The van der Waals surface area contributed by atoms with Gasteiger partial charge < -0.3 is 10.2 Å². The zero-order valence-electron chi connectivity index (χ0n) is 11.8. The van der Waals surface area contributed by atoms with Crippen molar-refractivity contribution in [1.29, 1.82) is 0 Å². The van der Waals surface area contributed by atoms with Crippen LogP contribution in [0.4, 0.5) is 0 Å². The number of hydrogen-bond acceptors (Lipinski definition) is 4. The first-order valence-corrected chi connectivity index (χ1v) is 7.10. The molecule has 1 aliphatic rings. The Morgan fingerprint density at radius 3 is 2.90 bits per heavy atom. The molecule has 4 heteroatoms. The molecule has 1 N–H and O–H groups in total. The highest BCUT2D eigenvalue weighted by atomic mass is 15.2. The fraction of sp³-hybridized carbons (Fsp3) is 0.375. The van der Waals surface area contributed by atoms with Gasteiger partial charge in [-0.25, -0.2) is 9.97 Å². The standard InChI is InChI=1S/C16H20N4/c1-20-10-9-17-14(12-20)11-16-18-8-7-15(19-16)13-5-3-2-4-6-13/h2-8,14,17H,9-12H2,1H3. The summed E-state index contributed by atoms with van der Waals surface area (Å²) in [6.45, 7) is 3.21. The molecule has 3 rings (SSSR count). The second kappa shape index (κ2) is 6.11. The molecule has 1 saturated heterocycles. The van der Waals surface area contributed by atoms with Gasteiger partial charge in [0.05, 0.1) is 5.69 Å². The van der Waals surface area contributed by atoms with E-state index in [0.29, 0.717) is 6.04 Å². The Morgan fingerprint density at radius 1 is 1.25 bits per heavy atom. The van der Waals surface area contributed by atoms with Crippen molar-refractivity contribution >= 4 is 0 Å². The fourth-order valence-corrected chi connectivity index (χ4v) is 2.62. The summed E-state index contributed by atoms with van der Waals surface area (Å²) in [5.41, 5.74) is 2.14. The summed E-state index contributed by atoms with van der Waals surface area (Å²) in [7, 11) is 2.16. The molecule has 20 heavy (non-hydrogen) atoms. The highest BCUT2D eigenvalue weighted by Gasteiger charge is 2.17. The second-order valence-corrected chi connectivity index (χ2v) is 5.34. The van der Waals surface area contributed by atoms with E-state index >= 15 is 0 Å². The van der Waals surface area contributed by atoms with Gasteiger partial charge in [0.15, 0.2) is 0 Å². The Labute approximate surface area is 119 Å². The molecular formula is C16H20N4. The molecule has 0 saturated carbocycles. The summed E-state index contributed by atoms with van der Waals surface area (Å²) >= 11 is 0. The summed E-state index contributed by atoms with van der Waals surface area (Å²) in [6.07, 6.45) is 2.74. The smallest absolute Gasteiger partial charge is 0.130 e. The van der Waals surface area contributed by atoms with Crippen LogP contribution >= 0.6 is 0 Å². The SMILES string of the molecule is CN1CCNC(Cc2nccc(-c3ccccc3)n2)C1. The van der Waals surface area contributed by atoms with Crippen LogP contribution in [0.1, 0.15) is 5.82 Å². The molecule has 0 aliphatic carbocycles. The first-order valence-electron chi connectivity index (χ1n) is 7.10. The third kappa shape index (κ3) is 3.21. The summed E-state index contributed by atoms with van der Waals surface area (Å²) < 4.78 is 0. The number of aromatic nitrogens is 2. The van der Waals surface area contributed by atoms with Gasteiger partial charge in [-0.05, 0) is 13.1 Å². The third-order valence-electron chi connectivity index (χ3n) is 3.66. The zero-order valence-corrected chi connectivity index (χ0v) is 11.8. The maximum atomic E-state index is 4.69. The Kier molecular flexibility index (Phi) is 4.04. The monoisotopic (exact) mass is 268 g/mol. The van der Waals surface area contributed by atoms with Crippen molar-refractivity contribution in [2.75, 3.05) is 26.7 Å². The molecule has 2 aromatic rings. The highest BCUT2D eigenvalue weighted by molar-refractivity contribution is 5.58. The predicted octanol–water partition coefficient (Wildman–Crippen LogP) is 1.59. The molecule has 0 bridgehead atoms. The Morgan fingerprint density at radius 2 is 2.10 bits per heavy atom. The molecule has 1 aromatic carbocycles. The molecule has 1 aliphatic heterocycles. The van der Waals surface area contributed by atoms with Gasteiger partial charge >= 0.3 is 0 Å². The van der Waals surface area contributed by atoms with E-state index in [1.165, 1.54) is 0 Å². The van der Waals surface area contributed by atoms with Crippen LogP contribution in [0.25, 0.3) is 11.3 Å². The molecule has 0 radical (unpaired) electrons. The van der Waals surface area contributed by atoms with Gasteiger partial charge in [0.25, 0.3) is 0 Å². The molecule has 1 fully saturated rings. The summed E-state index contributed by atoms with van der Waals surface area (Å²) in [5.74, 6) is 0.916. The molecule has 0 spiro atoms. The minimum Gasteiger partial charge on any atom is -0.311 e. The van der Waals surface area contributed by atoms with Crippen LogP contribution in [0.2, 0.25) is 0 Å². The van der Waals surface area contributed by atoms with E-state index in [-0.39, 0.29) is 0 Å². The minimum absolute atomic E-state index is 0.444. The first kappa shape index (κ1) is 13.2. The number of nitrogens with one attached hydrogen (secondary N) is 1. The second-order valence-electron chi connectivity index (χ2n) is 5.34. The summed E-state index contributed by atoms with van der Waals surface area (Å²) in [6, 6.07) is 12.7. The Bertz CT molecular complexity index is 555. The molecule has 0 amide bonds. The molecule has 1 unspecified atom stereocenters. The van der Waals surface area contributed by atoms with Gasteiger partial charge in [-0.1, -0.05) is 30.3 Å². The molecule has 1 aromatic heterocycles. The number of likely N-dealkylation sites (N-methyl/N-ethyl adjacent to an activating group) is 1. The molecule has 1 atom stereocenters. The average Bonchev–Trinajstić information content (AvgIpc) is 2.48. The van der Waals surface area contributed by atoms with Crippen LogP contribution in [0.15, 0.2) is 42.6 Å². The molecule has 4 nitrogen and oxygen atoms in total. The first-order chi connectivity index (χ1) is 9.81. The number of hydrogen-bond donors (Lipinski definition) is 1. The van der Waals surface area contributed by atoms with Crippen LogP contribution in [0, 0.1) is 0 Å². The lowest BCUT2D eigenvalue weighted by Gasteiger charge is -2.30. The third-order valence-corrected chi connectivity index (χ3v) is 3.66. The van der Waals surface area contributed by atoms with Crippen LogP contribution in [0.5, 0.6) is 0 Å². The van der Waals surface area contributed by atoms with Crippen molar-refractivity contribution in [2.24, 2.45) is 0 Å². The van der Waals surface area contributed by atoms with Crippen molar-refractivity contribution in [3.8, 4) is 11.3 Å². The van der Waals surface area contributed by atoms with E-state index in [9.17, 15) is 0 Å². The van der Waals surface area contributed by atoms with E-state index in [1.54, 1.807) is 0 Å². The average molecular weight is 268 g/mol. The zero-order chi connectivity index (χ0) is 13.8. The van der Waals surface area contributed by atoms with Crippen molar-refractivity contribution < 1.29 is 0 Å². The number of nitrogens with zero attached hydrogens (tertiary/aromatic N) is 3. The fourth-order valence-electron chi connectivity index (χ4n) is 2.62. The van der Waals surface area contributed by atoms with Gasteiger partial charge in [-0.15, -0.1) is 0 Å². The van der Waals surface area contributed by atoms with E-state index in [1.807, 2.05) is 30.5 Å². The quantitative estimate of drug-likeness (QED) is 0.918. The van der Waals surface area contributed by atoms with Crippen LogP contribution in [-0.2, 0) is 6.42 Å². The van der Waals surface area contributed by atoms with Gasteiger partial charge in [-0.2, -0.15) is 0 Å². The van der Waals surface area contributed by atoms with Gasteiger partial charge in [0, 0.05) is 43.9 Å². The Balaban J connectivity index is 1.74. The molecule has 104 valence electrons. The maximum Gasteiger partial charge on any atom is 0.130 e. The van der Waals surface area contributed by atoms with E-state index in [4.69, 9.17) is 4.98 Å². The normalized spacial score (nSPS) is 19.9. The van der Waals surface area contributed by atoms with Crippen molar-refractivity contribution in [3.05, 3.63) is 48.4 Å². The minimum atomic E-state index is 0.444. The van der Waals surface area contributed by atoms with Gasteiger partial charge in [0.1, 0.15) is 5.82 Å². The predicted molar refractivity (Wildman–Crippen MR) is 80.5 cm³/mol. The maximum absolute atomic E-state index is 4.69. The highest BCUT2D eigenvalue weighted by Crippen LogP contribution is 2.16. The van der Waals surface area contributed by atoms with Crippen molar-refractivity contribution in [3.63, 3.8) is 0 Å². The number of piperazine rings is 1. The number of benzene rings is 1.